The number of hydrogen-bond donors (Lipinski definition) is 0. The van der Waals surface area contributed by atoms with Crippen LogP contribution in [0.5, 0.6) is 0 Å². The first-order chi connectivity index (χ1) is 6.49. The van der Waals surface area contributed by atoms with Gasteiger partial charge in [-0.2, -0.15) is 0 Å². The Morgan fingerprint density at radius 2 is 1.50 bits per heavy atom. The molecule has 0 aromatic rings. The highest BCUT2D eigenvalue weighted by Gasteiger charge is 2.18. The molecule has 0 saturated heterocycles. The third kappa shape index (κ3) is 8.02. The Morgan fingerprint density at radius 1 is 1.07 bits per heavy atom. The van der Waals surface area contributed by atoms with Crippen LogP contribution in [-0.2, 0) is 9.47 Å². The lowest BCUT2D eigenvalue weighted by Crippen LogP contribution is -2.24. The van der Waals surface area contributed by atoms with Crippen molar-refractivity contribution in [3.05, 3.63) is 25.3 Å². The molecule has 0 aliphatic heterocycles. The molecule has 82 valence electrons. The minimum atomic E-state index is -0.161. The van der Waals surface area contributed by atoms with Crippen LogP contribution in [0.1, 0.15) is 27.2 Å². The van der Waals surface area contributed by atoms with Crippen molar-refractivity contribution in [2.24, 2.45) is 5.41 Å². The van der Waals surface area contributed by atoms with E-state index in [1.807, 2.05) is 0 Å². The van der Waals surface area contributed by atoms with Gasteiger partial charge < -0.3 is 9.47 Å². The molecule has 0 aromatic heterocycles. The highest BCUT2D eigenvalue weighted by atomic mass is 16.7. The normalized spacial score (nSPS) is 11.7. The molecule has 2 nitrogen and oxygen atoms in total. The lowest BCUT2D eigenvalue weighted by molar-refractivity contribution is -0.143. The molecular weight excluding hydrogens is 176 g/mol. The molecule has 0 N–H and O–H groups in total. The lowest BCUT2D eigenvalue weighted by Gasteiger charge is -2.25. The summed E-state index contributed by atoms with van der Waals surface area (Å²) in [6, 6.07) is 0. The van der Waals surface area contributed by atoms with Crippen molar-refractivity contribution in [1.82, 2.24) is 0 Å². The first-order valence-corrected chi connectivity index (χ1v) is 4.94. The molecule has 0 heterocycles. The molecule has 0 saturated carbocycles. The predicted octanol–water partition coefficient (Wildman–Crippen LogP) is 3.15. The van der Waals surface area contributed by atoms with Gasteiger partial charge in [-0.1, -0.05) is 32.9 Å². The van der Waals surface area contributed by atoms with E-state index in [0.29, 0.717) is 13.2 Å². The average molecular weight is 198 g/mol. The van der Waals surface area contributed by atoms with Gasteiger partial charge in [-0.15, -0.1) is 13.2 Å². The van der Waals surface area contributed by atoms with E-state index in [9.17, 15) is 0 Å². The lowest BCUT2D eigenvalue weighted by atomic mass is 9.92. The molecule has 0 aliphatic rings. The van der Waals surface area contributed by atoms with E-state index < -0.39 is 0 Å². The molecule has 0 bridgehead atoms. The quantitative estimate of drug-likeness (QED) is 0.462. The van der Waals surface area contributed by atoms with Gasteiger partial charge in [0.2, 0.25) is 0 Å². The standard InChI is InChI=1S/C12H22O2/c1-6-8-13-11(14-9-7-2)10-12(3,4)5/h6-7,11H,1-2,8-10H2,3-5H3. The molecule has 2 heteroatoms. The van der Waals surface area contributed by atoms with E-state index in [2.05, 4.69) is 33.9 Å². The zero-order valence-corrected chi connectivity index (χ0v) is 9.58. The van der Waals surface area contributed by atoms with Gasteiger partial charge in [0, 0.05) is 6.42 Å². The van der Waals surface area contributed by atoms with Crippen molar-refractivity contribution in [3.8, 4) is 0 Å². The number of rotatable bonds is 7. The van der Waals surface area contributed by atoms with Gasteiger partial charge in [-0.05, 0) is 5.41 Å². The fraction of sp³-hybridized carbons (Fsp3) is 0.667. The SMILES string of the molecule is C=CCOC(CC(C)(C)C)OCC=C. The molecule has 0 aromatic carbocycles. The zero-order valence-electron chi connectivity index (χ0n) is 9.58. The smallest absolute Gasteiger partial charge is 0.158 e. The highest BCUT2D eigenvalue weighted by Crippen LogP contribution is 2.22. The van der Waals surface area contributed by atoms with Gasteiger partial charge in [0.05, 0.1) is 13.2 Å². The minimum Gasteiger partial charge on any atom is -0.349 e. The van der Waals surface area contributed by atoms with Crippen molar-refractivity contribution in [1.29, 1.82) is 0 Å². The topological polar surface area (TPSA) is 18.5 Å². The number of ether oxygens (including phenoxy) is 2. The summed E-state index contributed by atoms with van der Waals surface area (Å²) in [7, 11) is 0. The molecule has 0 fully saturated rings. The predicted molar refractivity (Wildman–Crippen MR) is 60.2 cm³/mol. The fourth-order valence-corrected chi connectivity index (χ4v) is 1.02. The first kappa shape index (κ1) is 13.4. The summed E-state index contributed by atoms with van der Waals surface area (Å²) in [5, 5.41) is 0. The molecule has 0 spiro atoms. The molecule has 0 amide bonds. The molecule has 0 unspecified atom stereocenters. The molecule has 0 radical (unpaired) electrons. The van der Waals surface area contributed by atoms with Crippen LogP contribution in [0.3, 0.4) is 0 Å². The van der Waals surface area contributed by atoms with Crippen molar-refractivity contribution in [3.63, 3.8) is 0 Å². The average Bonchev–Trinajstić information content (AvgIpc) is 2.07. The largest absolute Gasteiger partial charge is 0.349 e. The molecule has 0 rings (SSSR count). The summed E-state index contributed by atoms with van der Waals surface area (Å²) >= 11 is 0. The fourth-order valence-electron chi connectivity index (χ4n) is 1.02. The molecule has 0 atom stereocenters. The van der Waals surface area contributed by atoms with Crippen molar-refractivity contribution in [2.45, 2.75) is 33.5 Å². The Hall–Kier alpha value is -0.600. The first-order valence-electron chi connectivity index (χ1n) is 4.94. The zero-order chi connectivity index (χ0) is 11.0. The van der Waals surface area contributed by atoms with E-state index in [0.717, 1.165) is 6.42 Å². The van der Waals surface area contributed by atoms with Crippen molar-refractivity contribution < 1.29 is 9.47 Å². The maximum absolute atomic E-state index is 5.48. The number of hydrogen-bond acceptors (Lipinski definition) is 2. The summed E-state index contributed by atoms with van der Waals surface area (Å²) in [6.45, 7) is 14.8. The van der Waals surface area contributed by atoms with E-state index in [1.165, 1.54) is 0 Å². The van der Waals surface area contributed by atoms with Gasteiger partial charge in [0.25, 0.3) is 0 Å². The molecule has 0 aliphatic carbocycles. The van der Waals surface area contributed by atoms with Crippen LogP contribution >= 0.6 is 0 Å². The van der Waals surface area contributed by atoms with Gasteiger partial charge in [-0.25, -0.2) is 0 Å². The van der Waals surface area contributed by atoms with Gasteiger partial charge in [0.1, 0.15) is 0 Å². The van der Waals surface area contributed by atoms with E-state index in [-0.39, 0.29) is 11.7 Å². The minimum absolute atomic E-state index is 0.161. The van der Waals surface area contributed by atoms with Crippen LogP contribution in [0.2, 0.25) is 0 Å². The van der Waals surface area contributed by atoms with E-state index in [1.54, 1.807) is 12.2 Å². The van der Waals surface area contributed by atoms with Crippen LogP contribution in [0.4, 0.5) is 0 Å². The van der Waals surface area contributed by atoms with Gasteiger partial charge in [0.15, 0.2) is 6.29 Å². The van der Waals surface area contributed by atoms with Crippen molar-refractivity contribution in [2.75, 3.05) is 13.2 Å². The summed E-state index contributed by atoms with van der Waals surface area (Å²) in [5.74, 6) is 0. The summed E-state index contributed by atoms with van der Waals surface area (Å²) in [5.41, 5.74) is 0.201. The highest BCUT2D eigenvalue weighted by molar-refractivity contribution is 4.70. The Kier molecular flexibility index (Phi) is 6.50. The van der Waals surface area contributed by atoms with Crippen LogP contribution in [0.25, 0.3) is 0 Å². The summed E-state index contributed by atoms with van der Waals surface area (Å²) < 4.78 is 11.0. The van der Waals surface area contributed by atoms with Crippen LogP contribution in [0.15, 0.2) is 25.3 Å². The van der Waals surface area contributed by atoms with Crippen LogP contribution < -0.4 is 0 Å². The summed E-state index contributed by atoms with van der Waals surface area (Å²) in [4.78, 5) is 0. The molecular formula is C12H22O2. The van der Waals surface area contributed by atoms with Crippen LogP contribution in [-0.4, -0.2) is 19.5 Å². The molecule has 14 heavy (non-hydrogen) atoms. The maximum atomic E-state index is 5.48. The van der Waals surface area contributed by atoms with Gasteiger partial charge in [-0.3, -0.25) is 0 Å². The van der Waals surface area contributed by atoms with Crippen LogP contribution in [0, 0.1) is 5.41 Å². The van der Waals surface area contributed by atoms with Crippen molar-refractivity contribution >= 4 is 0 Å². The Balaban J connectivity index is 3.95. The van der Waals surface area contributed by atoms with E-state index >= 15 is 0 Å². The third-order valence-electron chi connectivity index (χ3n) is 1.58. The Bertz CT molecular complexity index is 156. The van der Waals surface area contributed by atoms with Gasteiger partial charge >= 0.3 is 0 Å². The van der Waals surface area contributed by atoms with E-state index in [4.69, 9.17) is 9.47 Å². The Labute approximate surface area is 87.6 Å². The second-order valence-electron chi connectivity index (χ2n) is 4.44. The Morgan fingerprint density at radius 3 is 1.79 bits per heavy atom. The second kappa shape index (κ2) is 6.80. The monoisotopic (exact) mass is 198 g/mol. The second-order valence-corrected chi connectivity index (χ2v) is 4.44. The maximum Gasteiger partial charge on any atom is 0.158 e. The third-order valence-corrected chi connectivity index (χ3v) is 1.58. The summed E-state index contributed by atoms with van der Waals surface area (Å²) in [6.07, 6.45) is 4.17.